The molecule has 126 valence electrons. The van der Waals surface area contributed by atoms with E-state index in [1.54, 1.807) is 9.58 Å². The Morgan fingerprint density at radius 1 is 1.21 bits per heavy atom. The topological polar surface area (TPSA) is 81.2 Å². The number of hydrogen-bond donors (Lipinski definition) is 1. The van der Waals surface area contributed by atoms with E-state index >= 15 is 0 Å². The number of carbonyl (C=O) groups excluding carboxylic acids is 2. The molecule has 0 saturated carbocycles. The SMILES string of the molecule is Cc1nn(-c2ccccc2)c(C)c1C(=O)N1CCC[C@H](C(N)=O)C1. The molecular formula is C18H22N4O2. The summed E-state index contributed by atoms with van der Waals surface area (Å²) in [5, 5.41) is 4.53. The van der Waals surface area contributed by atoms with Crippen molar-refractivity contribution in [1.82, 2.24) is 14.7 Å². The van der Waals surface area contributed by atoms with Gasteiger partial charge in [-0.05, 0) is 38.8 Å². The summed E-state index contributed by atoms with van der Waals surface area (Å²) in [6, 6.07) is 9.74. The first kappa shape index (κ1) is 16.2. The molecular weight excluding hydrogens is 304 g/mol. The van der Waals surface area contributed by atoms with Gasteiger partial charge in [0.1, 0.15) is 0 Å². The molecule has 1 aliphatic rings. The molecule has 2 amide bonds. The van der Waals surface area contributed by atoms with E-state index < -0.39 is 0 Å². The van der Waals surface area contributed by atoms with Crippen molar-refractivity contribution in [2.75, 3.05) is 13.1 Å². The predicted molar refractivity (Wildman–Crippen MR) is 90.9 cm³/mol. The van der Waals surface area contributed by atoms with Gasteiger partial charge < -0.3 is 10.6 Å². The van der Waals surface area contributed by atoms with Crippen molar-refractivity contribution in [3.8, 4) is 5.69 Å². The van der Waals surface area contributed by atoms with Crippen LogP contribution in [0.5, 0.6) is 0 Å². The summed E-state index contributed by atoms with van der Waals surface area (Å²) in [5.41, 5.74) is 8.46. The summed E-state index contributed by atoms with van der Waals surface area (Å²) in [5.74, 6) is -0.661. The number of likely N-dealkylation sites (tertiary alicyclic amines) is 1. The molecule has 0 unspecified atom stereocenters. The number of primary amides is 1. The lowest BCUT2D eigenvalue weighted by Gasteiger charge is -2.31. The van der Waals surface area contributed by atoms with E-state index in [1.807, 2.05) is 44.2 Å². The summed E-state index contributed by atoms with van der Waals surface area (Å²) >= 11 is 0. The van der Waals surface area contributed by atoms with Crippen LogP contribution in [0.25, 0.3) is 5.69 Å². The molecule has 1 fully saturated rings. The van der Waals surface area contributed by atoms with Gasteiger partial charge in [-0.2, -0.15) is 5.10 Å². The fourth-order valence-corrected chi connectivity index (χ4v) is 3.32. The van der Waals surface area contributed by atoms with Gasteiger partial charge in [0, 0.05) is 13.1 Å². The van der Waals surface area contributed by atoms with Gasteiger partial charge in [0.15, 0.2) is 0 Å². The molecule has 3 rings (SSSR count). The summed E-state index contributed by atoms with van der Waals surface area (Å²) in [4.78, 5) is 26.2. The number of rotatable bonds is 3. The van der Waals surface area contributed by atoms with Crippen LogP contribution < -0.4 is 5.73 Å². The van der Waals surface area contributed by atoms with E-state index in [-0.39, 0.29) is 17.7 Å². The van der Waals surface area contributed by atoms with Crippen LogP contribution >= 0.6 is 0 Å². The van der Waals surface area contributed by atoms with Gasteiger partial charge in [-0.25, -0.2) is 4.68 Å². The number of hydrogen-bond acceptors (Lipinski definition) is 3. The first-order chi connectivity index (χ1) is 11.5. The molecule has 6 heteroatoms. The first-order valence-electron chi connectivity index (χ1n) is 8.19. The highest BCUT2D eigenvalue weighted by Gasteiger charge is 2.30. The van der Waals surface area contributed by atoms with E-state index in [1.165, 1.54) is 0 Å². The van der Waals surface area contributed by atoms with Crippen LogP contribution in [-0.2, 0) is 4.79 Å². The molecule has 1 aromatic carbocycles. The smallest absolute Gasteiger partial charge is 0.257 e. The van der Waals surface area contributed by atoms with E-state index in [2.05, 4.69) is 5.10 Å². The molecule has 6 nitrogen and oxygen atoms in total. The minimum Gasteiger partial charge on any atom is -0.369 e. The molecule has 2 aromatic rings. The minimum absolute atomic E-state index is 0.0712. The fraction of sp³-hybridized carbons (Fsp3) is 0.389. The Kier molecular flexibility index (Phi) is 4.38. The Morgan fingerprint density at radius 3 is 2.58 bits per heavy atom. The molecule has 0 aliphatic carbocycles. The number of piperidine rings is 1. The zero-order chi connectivity index (χ0) is 17.3. The average molecular weight is 326 g/mol. The van der Waals surface area contributed by atoms with Crippen LogP contribution in [0.15, 0.2) is 30.3 Å². The molecule has 1 saturated heterocycles. The number of aromatic nitrogens is 2. The maximum Gasteiger partial charge on any atom is 0.257 e. The number of carbonyl (C=O) groups is 2. The van der Waals surface area contributed by atoms with Crippen LogP contribution in [0.3, 0.4) is 0 Å². The largest absolute Gasteiger partial charge is 0.369 e. The van der Waals surface area contributed by atoms with Gasteiger partial charge in [0.25, 0.3) is 5.91 Å². The van der Waals surface area contributed by atoms with Crippen LogP contribution in [-0.4, -0.2) is 39.6 Å². The monoisotopic (exact) mass is 326 g/mol. The van der Waals surface area contributed by atoms with Crippen molar-refractivity contribution in [1.29, 1.82) is 0 Å². The van der Waals surface area contributed by atoms with Crippen LogP contribution in [0, 0.1) is 19.8 Å². The van der Waals surface area contributed by atoms with Crippen molar-refractivity contribution in [2.45, 2.75) is 26.7 Å². The maximum absolute atomic E-state index is 13.0. The fourth-order valence-electron chi connectivity index (χ4n) is 3.32. The molecule has 24 heavy (non-hydrogen) atoms. The number of aryl methyl sites for hydroxylation is 1. The van der Waals surface area contributed by atoms with Gasteiger partial charge in [-0.15, -0.1) is 0 Å². The van der Waals surface area contributed by atoms with Crippen molar-refractivity contribution in [3.63, 3.8) is 0 Å². The number of nitrogens with zero attached hydrogens (tertiary/aromatic N) is 3. The van der Waals surface area contributed by atoms with Crippen molar-refractivity contribution < 1.29 is 9.59 Å². The molecule has 1 aromatic heterocycles. The summed E-state index contributed by atoms with van der Waals surface area (Å²) in [6.07, 6.45) is 1.55. The highest BCUT2D eigenvalue weighted by Crippen LogP contribution is 2.23. The molecule has 2 N–H and O–H groups in total. The first-order valence-corrected chi connectivity index (χ1v) is 8.19. The Labute approximate surface area is 141 Å². The molecule has 0 spiro atoms. The third-order valence-corrected chi connectivity index (χ3v) is 4.62. The van der Waals surface area contributed by atoms with Crippen LogP contribution in [0.1, 0.15) is 34.6 Å². The van der Waals surface area contributed by atoms with Crippen LogP contribution in [0.4, 0.5) is 0 Å². The standard InChI is InChI=1S/C18H22N4O2/c1-12-16(13(2)22(20-12)15-8-4-3-5-9-15)18(24)21-10-6-7-14(11-21)17(19)23/h3-5,8-9,14H,6-7,10-11H2,1-2H3,(H2,19,23)/t14-/m0/s1. The molecule has 1 atom stereocenters. The van der Waals surface area contributed by atoms with E-state index in [0.29, 0.717) is 24.3 Å². The van der Waals surface area contributed by atoms with Gasteiger partial charge >= 0.3 is 0 Å². The van der Waals surface area contributed by atoms with Gasteiger partial charge in [0.2, 0.25) is 5.91 Å². The molecule has 1 aliphatic heterocycles. The Hall–Kier alpha value is -2.63. The van der Waals surface area contributed by atoms with Crippen LogP contribution in [0.2, 0.25) is 0 Å². The molecule has 0 bridgehead atoms. The Bertz CT molecular complexity index is 767. The number of para-hydroxylation sites is 1. The van der Waals surface area contributed by atoms with Gasteiger partial charge in [-0.1, -0.05) is 18.2 Å². The minimum atomic E-state index is -0.332. The zero-order valence-corrected chi connectivity index (χ0v) is 14.0. The second-order valence-electron chi connectivity index (χ2n) is 6.29. The van der Waals surface area contributed by atoms with Crippen molar-refractivity contribution in [2.24, 2.45) is 11.7 Å². The van der Waals surface area contributed by atoms with Crippen molar-refractivity contribution >= 4 is 11.8 Å². The average Bonchev–Trinajstić information content (AvgIpc) is 2.89. The van der Waals surface area contributed by atoms with Gasteiger partial charge in [-0.3, -0.25) is 9.59 Å². The third kappa shape index (κ3) is 2.91. The van der Waals surface area contributed by atoms with Gasteiger partial charge in [0.05, 0.1) is 28.6 Å². The normalized spacial score (nSPS) is 17.8. The lowest BCUT2D eigenvalue weighted by molar-refractivity contribution is -0.123. The molecule has 2 heterocycles. The quantitative estimate of drug-likeness (QED) is 0.934. The maximum atomic E-state index is 13.0. The molecule has 0 radical (unpaired) electrons. The number of benzene rings is 1. The highest BCUT2D eigenvalue weighted by molar-refractivity contribution is 5.97. The number of amides is 2. The second kappa shape index (κ2) is 6.47. The predicted octanol–water partition coefficient (Wildman–Crippen LogP) is 1.83. The highest BCUT2D eigenvalue weighted by atomic mass is 16.2. The van der Waals surface area contributed by atoms with E-state index in [9.17, 15) is 9.59 Å². The lowest BCUT2D eigenvalue weighted by Crippen LogP contribution is -2.44. The van der Waals surface area contributed by atoms with Crippen molar-refractivity contribution in [3.05, 3.63) is 47.3 Å². The second-order valence-corrected chi connectivity index (χ2v) is 6.29. The van der Waals surface area contributed by atoms with E-state index in [4.69, 9.17) is 5.73 Å². The Morgan fingerprint density at radius 2 is 1.92 bits per heavy atom. The third-order valence-electron chi connectivity index (χ3n) is 4.62. The zero-order valence-electron chi connectivity index (χ0n) is 14.0. The summed E-state index contributed by atoms with van der Waals surface area (Å²) in [6.45, 7) is 4.78. The Balaban J connectivity index is 1.91. The summed E-state index contributed by atoms with van der Waals surface area (Å²) in [7, 11) is 0. The summed E-state index contributed by atoms with van der Waals surface area (Å²) < 4.78 is 1.79. The number of nitrogens with two attached hydrogens (primary N) is 1. The lowest BCUT2D eigenvalue weighted by atomic mass is 9.96. The van der Waals surface area contributed by atoms with E-state index in [0.717, 1.165) is 24.2 Å².